The zero-order valence-electron chi connectivity index (χ0n) is 17.0. The van der Waals surface area contributed by atoms with Crippen LogP contribution in [0.1, 0.15) is 39.2 Å². The topological polar surface area (TPSA) is 61.9 Å². The van der Waals surface area contributed by atoms with Gasteiger partial charge in [0.05, 0.1) is 0 Å². The van der Waals surface area contributed by atoms with Gasteiger partial charge in [0.2, 0.25) is 5.91 Å². The highest BCUT2D eigenvalue weighted by atomic mass is 16.6. The molecule has 1 atom stereocenters. The summed E-state index contributed by atoms with van der Waals surface area (Å²) in [6, 6.07) is 10.4. The maximum absolute atomic E-state index is 12.4. The summed E-state index contributed by atoms with van der Waals surface area (Å²) >= 11 is 0. The summed E-state index contributed by atoms with van der Waals surface area (Å²) in [5.41, 5.74) is 0.734. The number of hydrogen-bond donors (Lipinski definition) is 1. The van der Waals surface area contributed by atoms with E-state index in [-0.39, 0.29) is 12.5 Å². The third-order valence-corrected chi connectivity index (χ3v) is 4.52. The molecule has 0 unspecified atom stereocenters. The zero-order valence-corrected chi connectivity index (χ0v) is 17.0. The van der Waals surface area contributed by atoms with Gasteiger partial charge in [-0.2, -0.15) is 0 Å². The maximum atomic E-state index is 12.4. The van der Waals surface area contributed by atoms with E-state index in [1.165, 1.54) is 5.56 Å². The van der Waals surface area contributed by atoms with Gasteiger partial charge < -0.3 is 19.9 Å². The molecule has 150 valence electrons. The molecule has 1 heterocycles. The summed E-state index contributed by atoms with van der Waals surface area (Å²) in [7, 11) is 2.12. The molecule has 1 fully saturated rings. The van der Waals surface area contributed by atoms with Crippen LogP contribution in [0.3, 0.4) is 0 Å². The van der Waals surface area contributed by atoms with Crippen molar-refractivity contribution in [3.8, 4) is 0 Å². The van der Waals surface area contributed by atoms with Crippen molar-refractivity contribution in [3.05, 3.63) is 35.9 Å². The highest BCUT2D eigenvalue weighted by molar-refractivity contribution is 5.82. The van der Waals surface area contributed by atoms with Crippen LogP contribution in [0.25, 0.3) is 0 Å². The minimum Gasteiger partial charge on any atom is -0.444 e. The smallest absolute Gasteiger partial charge is 0.408 e. The molecule has 27 heavy (non-hydrogen) atoms. The van der Waals surface area contributed by atoms with E-state index < -0.39 is 11.7 Å². The van der Waals surface area contributed by atoms with Gasteiger partial charge in [-0.15, -0.1) is 0 Å². The summed E-state index contributed by atoms with van der Waals surface area (Å²) in [4.78, 5) is 28.3. The lowest BCUT2D eigenvalue weighted by Crippen LogP contribution is -2.47. The molecule has 0 aromatic heterocycles. The van der Waals surface area contributed by atoms with Crippen molar-refractivity contribution >= 4 is 12.0 Å². The highest BCUT2D eigenvalue weighted by Crippen LogP contribution is 2.18. The van der Waals surface area contributed by atoms with Crippen LogP contribution in [0.4, 0.5) is 4.79 Å². The van der Waals surface area contributed by atoms with E-state index in [4.69, 9.17) is 4.74 Å². The van der Waals surface area contributed by atoms with Gasteiger partial charge in [-0.05, 0) is 52.1 Å². The molecule has 0 aliphatic carbocycles. The molecule has 2 amide bonds. The van der Waals surface area contributed by atoms with Crippen molar-refractivity contribution in [1.29, 1.82) is 0 Å². The second-order valence-corrected chi connectivity index (χ2v) is 8.39. The van der Waals surface area contributed by atoms with Crippen LogP contribution in [0.5, 0.6) is 0 Å². The Kier molecular flexibility index (Phi) is 7.66. The summed E-state index contributed by atoms with van der Waals surface area (Å²) in [5, 5.41) is 2.56. The average Bonchev–Trinajstić information content (AvgIpc) is 2.59. The summed E-state index contributed by atoms with van der Waals surface area (Å²) in [5.74, 6) is 0.411. The summed E-state index contributed by atoms with van der Waals surface area (Å²) in [6.07, 6.45) is 1.58. The molecule has 6 nitrogen and oxygen atoms in total. The molecule has 1 aliphatic heterocycles. The first kappa shape index (κ1) is 21.2. The molecule has 0 bridgehead atoms. The van der Waals surface area contributed by atoms with E-state index in [1.54, 1.807) is 20.8 Å². The molecule has 1 N–H and O–H groups in total. The maximum Gasteiger partial charge on any atom is 0.408 e. The van der Waals surface area contributed by atoms with Gasteiger partial charge in [0.25, 0.3) is 0 Å². The Balaban J connectivity index is 1.75. The summed E-state index contributed by atoms with van der Waals surface area (Å²) in [6.45, 7) is 8.76. The first-order chi connectivity index (χ1) is 12.7. The number of nitrogens with zero attached hydrogens (tertiary/aromatic N) is 2. The fraction of sp³-hybridized carbons (Fsp3) is 0.619. The second-order valence-electron chi connectivity index (χ2n) is 8.39. The Labute approximate surface area is 162 Å². The molecule has 2 rings (SSSR count). The zero-order chi connectivity index (χ0) is 19.9. The molecule has 1 aliphatic rings. The number of rotatable bonds is 6. The van der Waals surface area contributed by atoms with E-state index in [0.29, 0.717) is 5.92 Å². The van der Waals surface area contributed by atoms with Crippen LogP contribution >= 0.6 is 0 Å². The quantitative estimate of drug-likeness (QED) is 0.830. The van der Waals surface area contributed by atoms with Gasteiger partial charge >= 0.3 is 6.09 Å². The molecule has 6 heteroatoms. The summed E-state index contributed by atoms with van der Waals surface area (Å²) < 4.78 is 5.18. The van der Waals surface area contributed by atoms with E-state index in [2.05, 4.69) is 41.5 Å². The van der Waals surface area contributed by atoms with Crippen LogP contribution in [0.2, 0.25) is 0 Å². The predicted molar refractivity (Wildman–Crippen MR) is 106 cm³/mol. The average molecular weight is 376 g/mol. The lowest BCUT2D eigenvalue weighted by molar-refractivity contribution is -0.132. The first-order valence-electron chi connectivity index (χ1n) is 9.70. The van der Waals surface area contributed by atoms with Crippen LogP contribution in [0, 0.1) is 5.92 Å². The lowest BCUT2D eigenvalue weighted by Gasteiger charge is -2.35. The molecule has 1 saturated heterocycles. The third kappa shape index (κ3) is 7.99. The van der Waals surface area contributed by atoms with Crippen LogP contribution in [-0.4, -0.2) is 60.6 Å². The Morgan fingerprint density at radius 2 is 1.96 bits per heavy atom. The molecular weight excluding hydrogens is 342 g/mol. The van der Waals surface area contributed by atoms with Crippen LogP contribution in [0.15, 0.2) is 30.3 Å². The molecule has 0 spiro atoms. The van der Waals surface area contributed by atoms with Gasteiger partial charge in [0, 0.05) is 26.2 Å². The van der Waals surface area contributed by atoms with Crippen LogP contribution < -0.4 is 5.32 Å². The standard InChI is InChI=1S/C21H33N3O3/c1-21(2,3)27-20(26)22-13-19(25)24-12-8-11-18(16-24)15-23(4)14-17-9-6-5-7-10-17/h5-7,9-10,18H,8,11-16H2,1-4H3,(H,22,26)/t18-/m0/s1. The number of alkyl carbamates (subject to hydrolysis) is 1. The molecular formula is C21H33N3O3. The second kappa shape index (κ2) is 9.74. The number of benzene rings is 1. The van der Waals surface area contributed by atoms with E-state index in [0.717, 1.165) is 39.0 Å². The van der Waals surface area contributed by atoms with Crippen molar-refractivity contribution < 1.29 is 14.3 Å². The Morgan fingerprint density at radius 1 is 1.26 bits per heavy atom. The molecule has 1 aromatic carbocycles. The normalized spacial score (nSPS) is 17.7. The number of piperidine rings is 1. The number of carbonyl (C=O) groups is 2. The number of hydrogen-bond acceptors (Lipinski definition) is 4. The lowest BCUT2D eigenvalue weighted by atomic mass is 9.97. The fourth-order valence-corrected chi connectivity index (χ4v) is 3.41. The van der Waals surface area contributed by atoms with Crippen molar-refractivity contribution in [2.45, 2.75) is 45.8 Å². The largest absolute Gasteiger partial charge is 0.444 e. The van der Waals surface area contributed by atoms with Crippen LogP contribution in [-0.2, 0) is 16.1 Å². The number of nitrogens with one attached hydrogen (secondary N) is 1. The SMILES string of the molecule is CN(Cc1ccccc1)C[C@@H]1CCCN(C(=O)CNC(=O)OC(C)(C)C)C1. The number of ether oxygens (including phenoxy) is 1. The monoisotopic (exact) mass is 375 g/mol. The van der Waals surface area contributed by atoms with E-state index in [1.807, 2.05) is 11.0 Å². The predicted octanol–water partition coefficient (Wildman–Crippen LogP) is 2.88. The highest BCUT2D eigenvalue weighted by Gasteiger charge is 2.25. The minimum absolute atomic E-state index is 0.0124. The Bertz CT molecular complexity index is 613. The fourth-order valence-electron chi connectivity index (χ4n) is 3.41. The van der Waals surface area contributed by atoms with E-state index >= 15 is 0 Å². The van der Waals surface area contributed by atoms with Gasteiger partial charge in [-0.3, -0.25) is 4.79 Å². The first-order valence-corrected chi connectivity index (χ1v) is 9.70. The van der Waals surface area contributed by atoms with Crippen molar-refractivity contribution in [1.82, 2.24) is 15.1 Å². The Morgan fingerprint density at radius 3 is 2.63 bits per heavy atom. The van der Waals surface area contributed by atoms with Gasteiger partial charge in [-0.1, -0.05) is 30.3 Å². The van der Waals surface area contributed by atoms with E-state index in [9.17, 15) is 9.59 Å². The van der Waals surface area contributed by atoms with Gasteiger partial charge in [0.15, 0.2) is 0 Å². The minimum atomic E-state index is -0.563. The van der Waals surface area contributed by atoms with Crippen molar-refractivity contribution in [3.63, 3.8) is 0 Å². The third-order valence-electron chi connectivity index (χ3n) is 4.52. The molecule has 0 radical (unpaired) electrons. The molecule has 1 aromatic rings. The number of amides is 2. The van der Waals surface area contributed by atoms with Crippen molar-refractivity contribution in [2.24, 2.45) is 5.92 Å². The van der Waals surface area contributed by atoms with Gasteiger partial charge in [-0.25, -0.2) is 4.79 Å². The van der Waals surface area contributed by atoms with Crippen molar-refractivity contribution in [2.75, 3.05) is 33.2 Å². The Hall–Kier alpha value is -2.08. The molecule has 0 saturated carbocycles. The van der Waals surface area contributed by atoms with Gasteiger partial charge in [0.1, 0.15) is 12.1 Å². The number of likely N-dealkylation sites (tertiary alicyclic amines) is 1. The number of carbonyl (C=O) groups excluding carboxylic acids is 2.